The van der Waals surface area contributed by atoms with Crippen LogP contribution in [0.3, 0.4) is 0 Å². The summed E-state index contributed by atoms with van der Waals surface area (Å²) < 4.78 is 0.00722. The zero-order valence-corrected chi connectivity index (χ0v) is 13.9. The van der Waals surface area contributed by atoms with Crippen molar-refractivity contribution in [3.8, 4) is 0 Å². The molecule has 0 bridgehead atoms. The Hall–Kier alpha value is 3.27. The molecule has 5 heteroatoms. The molecule has 0 heterocycles. The minimum absolute atomic E-state index is 0.444. The smallest absolute Gasteiger partial charge is 0.0668 e. The maximum Gasteiger partial charge on any atom is 0.0712 e. The first kappa shape index (κ1) is 11.3. The second-order valence-corrected chi connectivity index (χ2v) is 34.1. The van der Waals surface area contributed by atoms with Crippen molar-refractivity contribution in [1.82, 2.24) is 0 Å². The van der Waals surface area contributed by atoms with Gasteiger partial charge in [-0.05, 0) is 77.5 Å². The van der Waals surface area contributed by atoms with Gasteiger partial charge in [0.05, 0.1) is 2.75 Å². The van der Waals surface area contributed by atoms with E-state index >= 15 is 0 Å². The van der Waals surface area contributed by atoms with Gasteiger partial charge in [0, 0.05) is 0 Å². The number of rotatable bonds is 1. The van der Waals surface area contributed by atoms with Gasteiger partial charge in [-0.15, -0.1) is 0 Å². The Morgan fingerprint density at radius 2 is 1.25 bits per heavy atom. The van der Waals surface area contributed by atoms with Crippen molar-refractivity contribution in [1.29, 1.82) is 0 Å². The van der Waals surface area contributed by atoms with Crippen LogP contribution < -0.4 is 0 Å². The Labute approximate surface area is 102 Å². The van der Waals surface area contributed by atoms with Crippen LogP contribution in [0, 0.1) is 0 Å². The van der Waals surface area contributed by atoms with E-state index in [0.717, 1.165) is 0 Å². The summed E-state index contributed by atoms with van der Waals surface area (Å²) in [5.74, 6) is 0. The number of hydrogen-bond donors (Lipinski definition) is 0. The molecular weight excluding hydrogens is 576 g/mol. The highest BCUT2D eigenvalue weighted by atomic mass is 127. The molecule has 0 spiro atoms. The predicted molar refractivity (Wildman–Crippen MR) is 77.8 cm³/mol. The van der Waals surface area contributed by atoms with E-state index in [1.807, 2.05) is 0 Å². The standard InChI is InChI=1S/C3H6I4S/c1-3(2,4)8(5,6)7/h1-2H3. The Balaban J connectivity index is 4.02. The fourth-order valence-corrected chi connectivity index (χ4v) is 0. The number of hydrogen-bond acceptors (Lipinski definition) is 0. The summed E-state index contributed by atoms with van der Waals surface area (Å²) in [6.07, 6.45) is 0. The van der Waals surface area contributed by atoms with E-state index < -0.39 is 1.54 Å². The lowest BCUT2D eigenvalue weighted by Gasteiger charge is -2.31. The largest absolute Gasteiger partial charge is 0.0712 e. The van der Waals surface area contributed by atoms with E-state index in [1.165, 1.54) is 0 Å². The third kappa shape index (κ3) is 4.21. The molecule has 0 saturated heterocycles. The maximum atomic E-state index is 2.53. The van der Waals surface area contributed by atoms with Gasteiger partial charge in [0.25, 0.3) is 0 Å². The molecule has 0 atom stereocenters. The Bertz CT molecular complexity index is 66.3. The SMILES string of the molecule is CC(C)(I)S(I)(I)I. The molecule has 0 aliphatic rings. The van der Waals surface area contributed by atoms with Crippen molar-refractivity contribution in [3.05, 3.63) is 0 Å². The van der Waals surface area contributed by atoms with Gasteiger partial charge >= 0.3 is 0 Å². The van der Waals surface area contributed by atoms with E-state index in [2.05, 4.69) is 100 Å². The van der Waals surface area contributed by atoms with E-state index in [-0.39, 0.29) is 0 Å². The summed E-state index contributed by atoms with van der Waals surface area (Å²) in [6, 6.07) is 0. The van der Waals surface area contributed by atoms with Crippen LogP contribution in [0.25, 0.3) is 0 Å². The maximum absolute atomic E-state index is 2.53. The molecule has 0 N–H and O–H groups in total. The summed E-state index contributed by atoms with van der Waals surface area (Å²) in [7, 11) is 0. The fourth-order valence-electron chi connectivity index (χ4n) is 0. The van der Waals surface area contributed by atoms with Crippen molar-refractivity contribution >= 4 is 87.7 Å². The van der Waals surface area contributed by atoms with Crippen LogP contribution in [-0.4, -0.2) is 2.75 Å². The molecule has 0 amide bonds. The Morgan fingerprint density at radius 3 is 1.25 bits per heavy atom. The molecule has 0 saturated carbocycles. The second-order valence-electron chi connectivity index (χ2n) is 1.77. The Kier molecular flexibility index (Phi) is 5.33. The topological polar surface area (TPSA) is 0 Å². The number of alkyl halides is 1. The molecule has 0 aliphatic heterocycles. The first-order valence-corrected chi connectivity index (χ1v) is 12.2. The molecule has 0 fully saturated rings. The monoisotopic (exact) mass is 582 g/mol. The molecule has 8 heavy (non-hydrogen) atoms. The van der Waals surface area contributed by atoms with Crippen molar-refractivity contribution in [2.24, 2.45) is 0 Å². The van der Waals surface area contributed by atoms with Crippen LogP contribution in [0.15, 0.2) is 0 Å². The van der Waals surface area contributed by atoms with Crippen LogP contribution in [0.2, 0.25) is 0 Å². The third-order valence-corrected chi connectivity index (χ3v) is 21.1. The van der Waals surface area contributed by atoms with Gasteiger partial charge < -0.3 is 0 Å². The van der Waals surface area contributed by atoms with Gasteiger partial charge in [0.15, 0.2) is 0 Å². The van der Waals surface area contributed by atoms with Gasteiger partial charge in [-0.2, -0.15) is 0 Å². The highest BCUT2D eigenvalue weighted by Crippen LogP contribution is 2.80. The highest BCUT2D eigenvalue weighted by Gasteiger charge is 2.30. The molecule has 0 rings (SSSR count). The van der Waals surface area contributed by atoms with E-state index in [9.17, 15) is 0 Å². The Morgan fingerprint density at radius 1 is 1.12 bits per heavy atom. The summed E-state index contributed by atoms with van der Waals surface area (Å²) in [5.41, 5.74) is 0. The lowest BCUT2D eigenvalue weighted by molar-refractivity contribution is 1.09. The summed E-state index contributed by atoms with van der Waals surface area (Å²) in [6.45, 7) is 4.54. The van der Waals surface area contributed by atoms with E-state index in [1.54, 1.807) is 0 Å². The van der Waals surface area contributed by atoms with Crippen LogP contribution >= 0.6 is 87.7 Å². The van der Waals surface area contributed by atoms with Gasteiger partial charge in [0.2, 0.25) is 0 Å². The lowest BCUT2D eigenvalue weighted by Crippen LogP contribution is -2.05. The first-order chi connectivity index (χ1) is 3.25. The lowest BCUT2D eigenvalue weighted by atomic mass is 10.6. The van der Waals surface area contributed by atoms with Gasteiger partial charge in [-0.25, -0.2) is 0 Å². The van der Waals surface area contributed by atoms with E-state index in [0.29, 0.717) is 2.75 Å². The zero-order chi connectivity index (χ0) is 7.00. The molecule has 0 radical (unpaired) electrons. The van der Waals surface area contributed by atoms with Crippen LogP contribution in [0.4, 0.5) is 0 Å². The van der Waals surface area contributed by atoms with Gasteiger partial charge in [-0.1, -0.05) is 24.1 Å². The minimum Gasteiger partial charge on any atom is -0.0668 e. The zero-order valence-electron chi connectivity index (χ0n) is 4.42. The summed E-state index contributed by atoms with van der Waals surface area (Å²) in [5, 5.41) is 0. The fraction of sp³-hybridized carbons (Fsp3) is 1.00. The van der Waals surface area contributed by atoms with Crippen molar-refractivity contribution in [2.75, 3.05) is 0 Å². The molecule has 0 aliphatic carbocycles. The summed E-state index contributed by atoms with van der Waals surface area (Å²) in [4.78, 5) is 0. The second kappa shape index (κ2) is 3.78. The average Bonchev–Trinajstić information content (AvgIpc) is 1.25. The quantitative estimate of drug-likeness (QED) is 0.302. The molecule has 0 nitrogen and oxygen atoms in total. The van der Waals surface area contributed by atoms with Crippen molar-refractivity contribution < 1.29 is 0 Å². The van der Waals surface area contributed by atoms with Crippen LogP contribution in [0.5, 0.6) is 0 Å². The molecule has 0 aromatic carbocycles. The summed E-state index contributed by atoms with van der Waals surface area (Å²) >= 11 is 10.1. The molecular formula is C3H6I4S. The van der Waals surface area contributed by atoms with Crippen molar-refractivity contribution in [2.45, 2.75) is 16.6 Å². The number of halogens is 4. The normalized spacial score (nSPS) is 16.2. The molecule has 52 valence electrons. The molecule has 0 aromatic rings. The third-order valence-electron chi connectivity index (χ3n) is 0.550. The van der Waals surface area contributed by atoms with Gasteiger partial charge in [-0.3, -0.25) is 0 Å². The van der Waals surface area contributed by atoms with Crippen LogP contribution in [0.1, 0.15) is 13.8 Å². The first-order valence-electron chi connectivity index (χ1n) is 1.86. The average molecular weight is 582 g/mol. The van der Waals surface area contributed by atoms with Gasteiger partial charge in [0.1, 0.15) is 0 Å². The minimum atomic E-state index is -0.444. The highest BCUT2D eigenvalue weighted by molar-refractivity contribution is 14.5. The van der Waals surface area contributed by atoms with E-state index in [4.69, 9.17) is 0 Å². The molecule has 0 aromatic heterocycles. The molecule has 0 unspecified atom stereocenters. The van der Waals surface area contributed by atoms with Crippen molar-refractivity contribution in [3.63, 3.8) is 0 Å². The van der Waals surface area contributed by atoms with Crippen LogP contribution in [-0.2, 0) is 0 Å². The predicted octanol–water partition coefficient (Wildman–Crippen LogP) is 5.01.